The van der Waals surface area contributed by atoms with Crippen molar-refractivity contribution in [2.75, 3.05) is 6.54 Å². The maximum absolute atomic E-state index is 13.1. The summed E-state index contributed by atoms with van der Waals surface area (Å²) in [6.07, 6.45) is 5.71. The fraction of sp³-hybridized carbons (Fsp3) is 0.500. The summed E-state index contributed by atoms with van der Waals surface area (Å²) in [6, 6.07) is 8.61. The van der Waals surface area contributed by atoms with Crippen molar-refractivity contribution in [3.8, 4) is 0 Å². The lowest BCUT2D eigenvalue weighted by Crippen LogP contribution is -2.54. The van der Waals surface area contributed by atoms with E-state index in [9.17, 15) is 4.79 Å². The molecule has 22 heavy (non-hydrogen) atoms. The Morgan fingerprint density at radius 2 is 2.23 bits per heavy atom. The van der Waals surface area contributed by atoms with E-state index in [1.165, 1.54) is 35.0 Å². The Morgan fingerprint density at radius 3 is 3.18 bits per heavy atom. The predicted molar refractivity (Wildman–Crippen MR) is 87.7 cm³/mol. The van der Waals surface area contributed by atoms with Crippen molar-refractivity contribution < 1.29 is 4.79 Å². The standard InChI is InChI=1S/C18H18N2OS/c21-16-17-8-3-4-11(17)10-18(22-17)15-13(7-9-20(16)18)12-5-1-2-6-14(12)19-15/h1-2,5-6,11,19H,3-4,7-10H2/t11-,17-,18-/m0/s1. The van der Waals surface area contributed by atoms with Crippen molar-refractivity contribution in [2.24, 2.45) is 5.92 Å². The number of benzene rings is 1. The largest absolute Gasteiger partial charge is 0.355 e. The van der Waals surface area contributed by atoms with Crippen LogP contribution < -0.4 is 0 Å². The maximum Gasteiger partial charge on any atom is 0.240 e. The van der Waals surface area contributed by atoms with Gasteiger partial charge < -0.3 is 9.88 Å². The van der Waals surface area contributed by atoms with E-state index in [2.05, 4.69) is 34.1 Å². The molecule has 0 radical (unpaired) electrons. The lowest BCUT2D eigenvalue weighted by Gasteiger charge is -2.43. The number of carbonyl (C=O) groups excluding carboxylic acids is 1. The smallest absolute Gasteiger partial charge is 0.240 e. The molecular weight excluding hydrogens is 292 g/mol. The number of aromatic amines is 1. The molecule has 4 heteroatoms. The molecule has 4 heterocycles. The molecule has 6 rings (SSSR count). The average molecular weight is 310 g/mol. The van der Waals surface area contributed by atoms with Gasteiger partial charge in [0.05, 0.1) is 5.69 Å². The molecule has 1 saturated carbocycles. The van der Waals surface area contributed by atoms with Gasteiger partial charge in [-0.2, -0.15) is 0 Å². The third-order valence-electron chi connectivity index (χ3n) is 6.47. The highest BCUT2D eigenvalue weighted by atomic mass is 32.2. The van der Waals surface area contributed by atoms with E-state index in [1.54, 1.807) is 0 Å². The first-order valence-electron chi connectivity index (χ1n) is 8.37. The van der Waals surface area contributed by atoms with Gasteiger partial charge in [0.25, 0.3) is 0 Å². The number of nitrogens with one attached hydrogen (secondary N) is 1. The van der Waals surface area contributed by atoms with Crippen LogP contribution in [-0.2, 0) is 16.1 Å². The molecule has 1 N–H and O–H groups in total. The number of carbonyl (C=O) groups is 1. The third kappa shape index (κ3) is 1.09. The zero-order valence-electron chi connectivity index (χ0n) is 12.4. The topological polar surface area (TPSA) is 36.1 Å². The summed E-state index contributed by atoms with van der Waals surface area (Å²) in [6.45, 7) is 0.898. The number of hydrogen-bond acceptors (Lipinski definition) is 2. The highest BCUT2D eigenvalue weighted by molar-refractivity contribution is 8.03. The Hall–Kier alpha value is -1.42. The van der Waals surface area contributed by atoms with Gasteiger partial charge in [-0.3, -0.25) is 4.79 Å². The number of para-hydroxylation sites is 1. The van der Waals surface area contributed by atoms with Gasteiger partial charge in [0.15, 0.2) is 0 Å². The molecule has 1 aromatic carbocycles. The summed E-state index contributed by atoms with van der Waals surface area (Å²) < 4.78 is -0.0844. The van der Waals surface area contributed by atoms with Crippen molar-refractivity contribution in [2.45, 2.75) is 41.7 Å². The highest BCUT2D eigenvalue weighted by Gasteiger charge is 2.72. The SMILES string of the molecule is O=C1N2CCc3c([nH]c4ccccc34)[C@@]23C[C@@H]2CCC[C@@]12S3. The Bertz CT molecular complexity index is 843. The highest BCUT2D eigenvalue weighted by Crippen LogP contribution is 2.72. The number of aromatic nitrogens is 1. The molecule has 3 fully saturated rings. The van der Waals surface area contributed by atoms with E-state index in [4.69, 9.17) is 0 Å². The number of H-pyrrole nitrogens is 1. The normalized spacial score (nSPS) is 38.5. The van der Waals surface area contributed by atoms with E-state index >= 15 is 0 Å². The van der Waals surface area contributed by atoms with Gasteiger partial charge >= 0.3 is 0 Å². The van der Waals surface area contributed by atoms with Gasteiger partial charge in [0.1, 0.15) is 9.62 Å². The van der Waals surface area contributed by atoms with Crippen molar-refractivity contribution in [1.29, 1.82) is 0 Å². The molecule has 3 atom stereocenters. The van der Waals surface area contributed by atoms with Crippen LogP contribution in [0.3, 0.4) is 0 Å². The van der Waals surface area contributed by atoms with Crippen LogP contribution in [0.2, 0.25) is 0 Å². The van der Waals surface area contributed by atoms with Gasteiger partial charge in [0, 0.05) is 17.4 Å². The molecule has 2 spiro atoms. The van der Waals surface area contributed by atoms with Crippen LogP contribution in [0.1, 0.15) is 36.9 Å². The van der Waals surface area contributed by atoms with Crippen LogP contribution in [0.5, 0.6) is 0 Å². The second kappa shape index (κ2) is 3.56. The molecule has 0 unspecified atom stereocenters. The summed E-state index contributed by atoms with van der Waals surface area (Å²) in [5.74, 6) is 1.04. The Balaban J connectivity index is 1.64. The summed E-state index contributed by atoms with van der Waals surface area (Å²) in [5.41, 5.74) is 4.03. The van der Waals surface area contributed by atoms with E-state index in [1.807, 2.05) is 11.8 Å². The first-order valence-corrected chi connectivity index (χ1v) is 9.19. The number of thioether (sulfide) groups is 1. The predicted octanol–water partition coefficient (Wildman–Crippen LogP) is 3.39. The van der Waals surface area contributed by atoms with Crippen LogP contribution in [0.25, 0.3) is 10.9 Å². The van der Waals surface area contributed by atoms with E-state index in [0.717, 1.165) is 25.8 Å². The summed E-state index contributed by atoms with van der Waals surface area (Å²) in [5, 5.41) is 1.36. The van der Waals surface area contributed by atoms with Crippen molar-refractivity contribution >= 4 is 28.6 Å². The molecule has 112 valence electrons. The quantitative estimate of drug-likeness (QED) is 0.809. The minimum absolute atomic E-state index is 0.0844. The lowest BCUT2D eigenvalue weighted by molar-refractivity contribution is -0.140. The minimum Gasteiger partial charge on any atom is -0.355 e. The molecule has 2 aromatic rings. The second-order valence-electron chi connectivity index (χ2n) is 7.30. The van der Waals surface area contributed by atoms with Crippen LogP contribution in [0, 0.1) is 5.92 Å². The van der Waals surface area contributed by atoms with Crippen LogP contribution >= 0.6 is 11.8 Å². The number of rotatable bonds is 0. The number of hydrogen-bond donors (Lipinski definition) is 1. The van der Waals surface area contributed by atoms with Gasteiger partial charge in [-0.25, -0.2) is 0 Å². The Kier molecular flexibility index (Phi) is 1.95. The Morgan fingerprint density at radius 1 is 1.32 bits per heavy atom. The second-order valence-corrected chi connectivity index (χ2v) is 8.91. The number of fused-ring (bicyclic) bond motifs is 3. The van der Waals surface area contributed by atoms with Crippen LogP contribution in [-0.4, -0.2) is 27.1 Å². The van der Waals surface area contributed by atoms with Crippen molar-refractivity contribution in [3.63, 3.8) is 0 Å². The van der Waals surface area contributed by atoms with Crippen LogP contribution in [0.4, 0.5) is 0 Å². The van der Waals surface area contributed by atoms with Gasteiger partial charge in [-0.15, -0.1) is 11.8 Å². The molecule has 3 aliphatic heterocycles. The molecule has 2 bridgehead atoms. The fourth-order valence-electron chi connectivity index (χ4n) is 5.60. The van der Waals surface area contributed by atoms with Gasteiger partial charge in [0.2, 0.25) is 5.91 Å². The number of nitrogens with zero attached hydrogens (tertiary/aromatic N) is 1. The van der Waals surface area contributed by atoms with Crippen LogP contribution in [0.15, 0.2) is 24.3 Å². The molecule has 4 aliphatic rings. The fourth-order valence-corrected chi connectivity index (χ4v) is 7.86. The average Bonchev–Trinajstić information content (AvgIpc) is 3.21. The Labute approximate surface area is 133 Å². The van der Waals surface area contributed by atoms with Crippen molar-refractivity contribution in [3.05, 3.63) is 35.5 Å². The molecule has 2 saturated heterocycles. The molecule has 1 aliphatic carbocycles. The van der Waals surface area contributed by atoms with E-state index < -0.39 is 0 Å². The summed E-state index contributed by atoms with van der Waals surface area (Å²) in [4.78, 5) is 18.9. The first kappa shape index (κ1) is 12.1. The third-order valence-corrected chi connectivity index (χ3v) is 8.47. The first-order chi connectivity index (χ1) is 10.7. The van der Waals surface area contributed by atoms with Gasteiger partial charge in [-0.1, -0.05) is 24.6 Å². The zero-order chi connectivity index (χ0) is 14.5. The van der Waals surface area contributed by atoms with Crippen molar-refractivity contribution in [1.82, 2.24) is 9.88 Å². The number of piperidine rings is 1. The van der Waals surface area contributed by atoms with E-state index in [-0.39, 0.29) is 9.62 Å². The maximum atomic E-state index is 13.1. The molecule has 1 amide bonds. The zero-order valence-corrected chi connectivity index (χ0v) is 13.2. The summed E-state index contributed by atoms with van der Waals surface area (Å²) in [7, 11) is 0. The number of amides is 1. The lowest BCUT2D eigenvalue weighted by atomic mass is 9.80. The summed E-state index contributed by atoms with van der Waals surface area (Å²) >= 11 is 1.99. The minimum atomic E-state index is -0.0885. The van der Waals surface area contributed by atoms with Gasteiger partial charge in [-0.05, 0) is 43.2 Å². The monoisotopic (exact) mass is 310 g/mol. The molecular formula is C18H18N2OS. The molecule has 1 aromatic heterocycles. The van der Waals surface area contributed by atoms with E-state index in [0.29, 0.717) is 11.8 Å². The molecule has 3 nitrogen and oxygen atoms in total.